The van der Waals surface area contributed by atoms with Gasteiger partial charge in [-0.3, -0.25) is 14.6 Å². The molecule has 4 rings (SSSR count). The van der Waals surface area contributed by atoms with E-state index in [-0.39, 0.29) is 18.3 Å². The molecule has 2 saturated heterocycles. The lowest BCUT2D eigenvalue weighted by Gasteiger charge is -2.45. The van der Waals surface area contributed by atoms with Crippen molar-refractivity contribution in [1.29, 1.82) is 0 Å². The average Bonchev–Trinajstić information content (AvgIpc) is 2.79. The number of carbonyl (C=O) groups excluding carboxylic acids is 2. The molecule has 0 radical (unpaired) electrons. The van der Waals surface area contributed by atoms with Gasteiger partial charge in [-0.15, -0.1) is 0 Å². The van der Waals surface area contributed by atoms with Gasteiger partial charge < -0.3 is 15.4 Å². The number of amides is 2. The van der Waals surface area contributed by atoms with Gasteiger partial charge >= 0.3 is 0 Å². The highest BCUT2D eigenvalue weighted by Crippen LogP contribution is 2.40. The summed E-state index contributed by atoms with van der Waals surface area (Å²) in [5, 5.41) is 0. The Morgan fingerprint density at radius 2 is 1.87 bits per heavy atom. The lowest BCUT2D eigenvalue weighted by Crippen LogP contribution is -2.59. The summed E-state index contributed by atoms with van der Waals surface area (Å²) in [6, 6.07) is 11.6. The molecule has 2 amide bonds. The van der Waals surface area contributed by atoms with E-state index < -0.39 is 16.7 Å². The molecule has 158 valence electrons. The van der Waals surface area contributed by atoms with Crippen LogP contribution in [0.5, 0.6) is 0 Å². The third-order valence-electron chi connectivity index (χ3n) is 6.54. The van der Waals surface area contributed by atoms with Crippen LogP contribution in [-0.2, 0) is 25.2 Å². The van der Waals surface area contributed by atoms with E-state index >= 15 is 0 Å². The van der Waals surface area contributed by atoms with Gasteiger partial charge in [-0.05, 0) is 55.5 Å². The predicted octanol–water partition coefficient (Wildman–Crippen LogP) is 2.31. The monoisotopic (exact) mass is 411 g/mol. The number of likely N-dealkylation sites (tertiary alicyclic amines) is 1. The molecular formula is C23H26FN3O3. The lowest BCUT2D eigenvalue weighted by molar-refractivity contribution is -0.145. The van der Waals surface area contributed by atoms with Crippen molar-refractivity contribution in [2.75, 3.05) is 26.3 Å². The molecule has 2 N–H and O–H groups in total. The summed E-state index contributed by atoms with van der Waals surface area (Å²) in [7, 11) is 0. The maximum atomic E-state index is 14.0. The van der Waals surface area contributed by atoms with E-state index in [1.807, 2.05) is 6.07 Å². The minimum Gasteiger partial charge on any atom is -0.381 e. The van der Waals surface area contributed by atoms with Crippen LogP contribution in [0, 0.1) is 5.82 Å². The Hall–Kier alpha value is -2.80. The second-order valence-electron chi connectivity index (χ2n) is 8.20. The largest absolute Gasteiger partial charge is 0.381 e. The highest BCUT2D eigenvalue weighted by molar-refractivity contribution is 5.91. The number of nitrogens with two attached hydrogens (primary N) is 1. The smallest absolute Gasteiger partial charge is 0.233 e. The molecule has 1 atom stereocenters. The van der Waals surface area contributed by atoms with E-state index in [9.17, 15) is 14.0 Å². The quantitative estimate of drug-likeness (QED) is 0.837. The highest BCUT2D eigenvalue weighted by Gasteiger charge is 2.50. The standard InChI is InChI=1S/C23H26FN3O3/c24-18-6-3-5-17(15-18)22(9-13-30-14-10-22)21(29)27-12-4-8-23(16-27,20(25)28)19-7-1-2-11-26-19/h1-3,5-7,11,15H,4,8-10,12-14,16H2,(H2,25,28). The Bertz CT molecular complexity index is 930. The number of primary amides is 1. The van der Waals surface area contributed by atoms with E-state index in [4.69, 9.17) is 10.5 Å². The number of hydrogen-bond acceptors (Lipinski definition) is 4. The first-order chi connectivity index (χ1) is 14.5. The Labute approximate surface area is 175 Å². The van der Waals surface area contributed by atoms with Crippen molar-refractivity contribution in [1.82, 2.24) is 9.88 Å². The van der Waals surface area contributed by atoms with Crippen molar-refractivity contribution in [3.63, 3.8) is 0 Å². The third kappa shape index (κ3) is 3.47. The Morgan fingerprint density at radius 1 is 1.07 bits per heavy atom. The molecular weight excluding hydrogens is 385 g/mol. The maximum absolute atomic E-state index is 14.0. The minimum absolute atomic E-state index is 0.0994. The number of aromatic nitrogens is 1. The molecule has 3 heterocycles. The molecule has 2 aliphatic rings. The fourth-order valence-corrected chi connectivity index (χ4v) is 4.85. The Morgan fingerprint density at radius 3 is 2.53 bits per heavy atom. The fourth-order valence-electron chi connectivity index (χ4n) is 4.85. The Balaban J connectivity index is 1.71. The van der Waals surface area contributed by atoms with Gasteiger partial charge in [0.2, 0.25) is 11.8 Å². The number of ether oxygens (including phenoxy) is 1. The molecule has 0 bridgehead atoms. The van der Waals surface area contributed by atoms with Crippen LogP contribution >= 0.6 is 0 Å². The first-order valence-corrected chi connectivity index (χ1v) is 10.3. The summed E-state index contributed by atoms with van der Waals surface area (Å²) >= 11 is 0. The predicted molar refractivity (Wildman–Crippen MR) is 109 cm³/mol. The lowest BCUT2D eigenvalue weighted by atomic mass is 9.71. The van der Waals surface area contributed by atoms with E-state index in [0.717, 1.165) is 0 Å². The van der Waals surface area contributed by atoms with E-state index in [2.05, 4.69) is 4.98 Å². The van der Waals surface area contributed by atoms with Gasteiger partial charge in [-0.25, -0.2) is 4.39 Å². The molecule has 30 heavy (non-hydrogen) atoms. The molecule has 0 aliphatic carbocycles. The number of benzene rings is 1. The molecule has 1 unspecified atom stereocenters. The number of hydrogen-bond donors (Lipinski definition) is 1. The molecule has 1 aromatic carbocycles. The topological polar surface area (TPSA) is 85.5 Å². The molecule has 6 nitrogen and oxygen atoms in total. The maximum Gasteiger partial charge on any atom is 0.233 e. The summed E-state index contributed by atoms with van der Waals surface area (Å²) in [6.07, 6.45) is 3.76. The summed E-state index contributed by atoms with van der Waals surface area (Å²) in [5.74, 6) is -0.951. The molecule has 2 fully saturated rings. The van der Waals surface area contributed by atoms with Crippen molar-refractivity contribution in [3.05, 3.63) is 65.7 Å². The second kappa shape index (κ2) is 8.14. The average molecular weight is 411 g/mol. The first kappa shape index (κ1) is 20.5. The molecule has 1 aromatic heterocycles. The normalized spacial score (nSPS) is 23.7. The number of halogens is 1. The van der Waals surface area contributed by atoms with Crippen LogP contribution in [-0.4, -0.2) is 48.0 Å². The van der Waals surface area contributed by atoms with Crippen molar-refractivity contribution in [2.24, 2.45) is 5.73 Å². The number of carbonyl (C=O) groups is 2. The van der Waals surface area contributed by atoms with Crippen molar-refractivity contribution < 1.29 is 18.7 Å². The van der Waals surface area contributed by atoms with E-state index in [0.29, 0.717) is 56.7 Å². The van der Waals surface area contributed by atoms with E-state index in [1.54, 1.807) is 35.4 Å². The van der Waals surface area contributed by atoms with Crippen molar-refractivity contribution >= 4 is 11.8 Å². The van der Waals surface area contributed by atoms with Gasteiger partial charge in [0.1, 0.15) is 11.2 Å². The molecule has 0 spiro atoms. The van der Waals surface area contributed by atoms with Crippen LogP contribution in [0.4, 0.5) is 4.39 Å². The molecule has 2 aliphatic heterocycles. The number of piperidine rings is 1. The van der Waals surface area contributed by atoms with Crippen LogP contribution in [0.1, 0.15) is 36.9 Å². The number of pyridine rings is 1. The third-order valence-corrected chi connectivity index (χ3v) is 6.54. The number of rotatable bonds is 4. The van der Waals surface area contributed by atoms with Crippen LogP contribution in [0.15, 0.2) is 48.7 Å². The van der Waals surface area contributed by atoms with Crippen molar-refractivity contribution in [3.8, 4) is 0 Å². The van der Waals surface area contributed by atoms with Gasteiger partial charge in [-0.2, -0.15) is 0 Å². The second-order valence-corrected chi connectivity index (χ2v) is 8.20. The molecule has 0 saturated carbocycles. The minimum atomic E-state index is -1.02. The summed E-state index contributed by atoms with van der Waals surface area (Å²) in [4.78, 5) is 32.6. The fraction of sp³-hybridized carbons (Fsp3) is 0.435. The highest BCUT2D eigenvalue weighted by atomic mass is 19.1. The van der Waals surface area contributed by atoms with Crippen LogP contribution in [0.3, 0.4) is 0 Å². The SMILES string of the molecule is NC(=O)C1(c2ccccn2)CCCN(C(=O)C2(c3cccc(F)c3)CCOCC2)C1. The summed E-state index contributed by atoms with van der Waals surface area (Å²) < 4.78 is 19.5. The van der Waals surface area contributed by atoms with Gasteiger partial charge in [0, 0.05) is 32.5 Å². The zero-order chi connectivity index (χ0) is 21.2. The van der Waals surface area contributed by atoms with Gasteiger partial charge in [0.25, 0.3) is 0 Å². The van der Waals surface area contributed by atoms with Crippen LogP contribution in [0.2, 0.25) is 0 Å². The zero-order valence-electron chi connectivity index (χ0n) is 16.9. The Kier molecular flexibility index (Phi) is 5.56. The van der Waals surface area contributed by atoms with Gasteiger partial charge in [0.05, 0.1) is 11.1 Å². The first-order valence-electron chi connectivity index (χ1n) is 10.3. The zero-order valence-corrected chi connectivity index (χ0v) is 16.9. The summed E-state index contributed by atoms with van der Waals surface area (Å²) in [5.41, 5.74) is 5.20. The molecule has 7 heteroatoms. The van der Waals surface area contributed by atoms with Crippen molar-refractivity contribution in [2.45, 2.75) is 36.5 Å². The summed E-state index contributed by atoms with van der Waals surface area (Å²) in [6.45, 7) is 1.56. The molecule has 2 aromatic rings. The van der Waals surface area contributed by atoms with Crippen LogP contribution in [0.25, 0.3) is 0 Å². The van der Waals surface area contributed by atoms with Crippen LogP contribution < -0.4 is 5.73 Å². The van der Waals surface area contributed by atoms with Gasteiger partial charge in [0.15, 0.2) is 0 Å². The van der Waals surface area contributed by atoms with E-state index in [1.165, 1.54) is 12.1 Å². The van der Waals surface area contributed by atoms with Gasteiger partial charge in [-0.1, -0.05) is 18.2 Å². The number of nitrogens with zero attached hydrogens (tertiary/aromatic N) is 2.